The van der Waals surface area contributed by atoms with Crippen LogP contribution < -0.4 is 10.7 Å². The zero-order valence-corrected chi connectivity index (χ0v) is 11.0. The van der Waals surface area contributed by atoms with Crippen molar-refractivity contribution in [3.05, 3.63) is 77.2 Å². The first-order chi connectivity index (χ1) is 10.2. The van der Waals surface area contributed by atoms with Gasteiger partial charge in [0.25, 0.3) is 5.91 Å². The molecule has 0 saturated carbocycles. The molecule has 0 aliphatic heterocycles. The second-order valence-corrected chi connectivity index (χ2v) is 4.40. The van der Waals surface area contributed by atoms with Crippen molar-refractivity contribution in [2.75, 3.05) is 5.32 Å². The van der Waals surface area contributed by atoms with Gasteiger partial charge in [-0.15, -0.1) is 0 Å². The fourth-order valence-corrected chi connectivity index (χ4v) is 1.93. The summed E-state index contributed by atoms with van der Waals surface area (Å²) in [5, 5.41) is 2.59. The fraction of sp³-hybridized carbons (Fsp3) is 0. The number of anilines is 1. The van der Waals surface area contributed by atoms with E-state index in [-0.39, 0.29) is 17.0 Å². The smallest absolute Gasteiger partial charge is 0.255 e. The van der Waals surface area contributed by atoms with E-state index >= 15 is 0 Å². The summed E-state index contributed by atoms with van der Waals surface area (Å²) in [7, 11) is 0. The van der Waals surface area contributed by atoms with Crippen LogP contribution in [0.3, 0.4) is 0 Å². The van der Waals surface area contributed by atoms with E-state index in [0.717, 1.165) is 5.69 Å². The molecule has 2 aromatic heterocycles. The molecule has 3 rings (SSSR count). The molecule has 0 atom stereocenters. The van der Waals surface area contributed by atoms with Crippen molar-refractivity contribution in [3.8, 4) is 5.69 Å². The van der Waals surface area contributed by atoms with Crippen LogP contribution in [0.5, 0.6) is 0 Å². The lowest BCUT2D eigenvalue weighted by Gasteiger charge is -2.07. The van der Waals surface area contributed by atoms with Crippen LogP contribution in [0.1, 0.15) is 10.4 Å². The summed E-state index contributed by atoms with van der Waals surface area (Å²) in [6.45, 7) is 0. The second kappa shape index (κ2) is 5.46. The summed E-state index contributed by atoms with van der Waals surface area (Å²) < 4.78 is 1.80. The Balaban J connectivity index is 1.87. The number of hydrogen-bond donors (Lipinski definition) is 2. The Morgan fingerprint density at radius 2 is 2.19 bits per heavy atom. The molecule has 0 unspecified atom stereocenters. The number of carbonyl (C=O) groups is 1. The van der Waals surface area contributed by atoms with Gasteiger partial charge in [-0.1, -0.05) is 6.07 Å². The van der Waals surface area contributed by atoms with Crippen molar-refractivity contribution in [2.24, 2.45) is 0 Å². The summed E-state index contributed by atoms with van der Waals surface area (Å²) in [5.74, 6) is -0.339. The van der Waals surface area contributed by atoms with E-state index in [4.69, 9.17) is 0 Å². The number of pyridine rings is 1. The molecule has 2 heterocycles. The average molecular weight is 280 g/mol. The largest absolute Gasteiger partial charge is 0.366 e. The van der Waals surface area contributed by atoms with Gasteiger partial charge >= 0.3 is 0 Å². The molecule has 6 nitrogen and oxygen atoms in total. The first-order valence-corrected chi connectivity index (χ1v) is 6.31. The van der Waals surface area contributed by atoms with Gasteiger partial charge in [-0.05, 0) is 18.2 Å². The zero-order chi connectivity index (χ0) is 14.7. The maximum atomic E-state index is 12.2. The van der Waals surface area contributed by atoms with Gasteiger partial charge in [-0.25, -0.2) is 4.98 Å². The van der Waals surface area contributed by atoms with Gasteiger partial charge in [-0.3, -0.25) is 9.59 Å². The molecule has 1 aromatic carbocycles. The van der Waals surface area contributed by atoms with E-state index in [1.807, 2.05) is 6.07 Å². The molecule has 0 aliphatic rings. The first-order valence-electron chi connectivity index (χ1n) is 6.31. The third-order valence-electron chi connectivity index (χ3n) is 2.98. The van der Waals surface area contributed by atoms with Crippen LogP contribution in [-0.2, 0) is 0 Å². The van der Waals surface area contributed by atoms with Gasteiger partial charge in [0.2, 0.25) is 5.43 Å². The van der Waals surface area contributed by atoms with Gasteiger partial charge in [0.05, 0.1) is 6.33 Å². The number of aromatic nitrogens is 3. The minimum atomic E-state index is -0.339. The van der Waals surface area contributed by atoms with Gasteiger partial charge in [0.15, 0.2) is 0 Å². The zero-order valence-electron chi connectivity index (χ0n) is 11.0. The molecule has 2 N–H and O–H groups in total. The van der Waals surface area contributed by atoms with Crippen LogP contribution in [0, 0.1) is 0 Å². The number of aromatic amines is 1. The summed E-state index contributed by atoms with van der Waals surface area (Å²) in [6.07, 6.45) is 8.08. The number of rotatable bonds is 3. The molecule has 0 fully saturated rings. The molecule has 1 amide bonds. The molecule has 21 heavy (non-hydrogen) atoms. The average Bonchev–Trinajstić information content (AvgIpc) is 3.04. The second-order valence-electron chi connectivity index (χ2n) is 4.40. The van der Waals surface area contributed by atoms with Crippen LogP contribution in [0.25, 0.3) is 5.69 Å². The molecule has 0 bridgehead atoms. The van der Waals surface area contributed by atoms with Crippen LogP contribution in [-0.4, -0.2) is 20.4 Å². The Morgan fingerprint density at radius 3 is 2.95 bits per heavy atom. The molecule has 0 saturated heterocycles. The molecule has 0 spiro atoms. The van der Waals surface area contributed by atoms with Crippen molar-refractivity contribution in [1.29, 1.82) is 0 Å². The first kappa shape index (κ1) is 12.9. The quantitative estimate of drug-likeness (QED) is 0.768. The van der Waals surface area contributed by atoms with Crippen LogP contribution in [0.2, 0.25) is 0 Å². The number of hydrogen-bond acceptors (Lipinski definition) is 3. The van der Waals surface area contributed by atoms with E-state index in [2.05, 4.69) is 15.3 Å². The highest BCUT2D eigenvalue weighted by molar-refractivity contribution is 6.04. The lowest BCUT2D eigenvalue weighted by molar-refractivity contribution is 0.102. The summed E-state index contributed by atoms with van der Waals surface area (Å²) in [6, 6.07) is 8.42. The van der Waals surface area contributed by atoms with Crippen LogP contribution >= 0.6 is 0 Å². The van der Waals surface area contributed by atoms with E-state index < -0.39 is 0 Å². The van der Waals surface area contributed by atoms with E-state index in [9.17, 15) is 9.59 Å². The van der Waals surface area contributed by atoms with E-state index in [1.165, 1.54) is 18.5 Å². The summed E-state index contributed by atoms with van der Waals surface area (Å²) >= 11 is 0. The van der Waals surface area contributed by atoms with Gasteiger partial charge < -0.3 is 14.9 Å². The van der Waals surface area contributed by atoms with Crippen molar-refractivity contribution in [1.82, 2.24) is 14.5 Å². The Kier molecular flexibility index (Phi) is 3.34. The van der Waals surface area contributed by atoms with Gasteiger partial charge in [-0.2, -0.15) is 0 Å². The number of H-pyrrole nitrogens is 1. The van der Waals surface area contributed by atoms with Gasteiger partial charge in [0.1, 0.15) is 5.69 Å². The summed E-state index contributed by atoms with van der Waals surface area (Å²) in [4.78, 5) is 30.5. The SMILES string of the molecule is O=C(Nc1c[nH]ccc1=O)c1cccc(-n2ccnc2)c1. The van der Waals surface area contributed by atoms with Gasteiger partial charge in [0, 0.05) is 42.1 Å². The molecular weight excluding hydrogens is 268 g/mol. The Morgan fingerprint density at radius 1 is 1.29 bits per heavy atom. The highest BCUT2D eigenvalue weighted by Crippen LogP contribution is 2.11. The number of amides is 1. The standard InChI is InChI=1S/C15H12N4O2/c20-14-4-5-16-9-13(14)18-15(21)11-2-1-3-12(8-11)19-7-6-17-10-19/h1-10H,(H,16,20)(H,18,21). The third-order valence-corrected chi connectivity index (χ3v) is 2.98. The van der Waals surface area contributed by atoms with Crippen molar-refractivity contribution in [2.45, 2.75) is 0 Å². The number of nitrogens with zero attached hydrogens (tertiary/aromatic N) is 2. The van der Waals surface area contributed by atoms with Crippen molar-refractivity contribution >= 4 is 11.6 Å². The van der Waals surface area contributed by atoms with E-state index in [0.29, 0.717) is 5.56 Å². The minimum absolute atomic E-state index is 0.218. The topological polar surface area (TPSA) is 79.8 Å². The Labute approximate surface area is 120 Å². The maximum Gasteiger partial charge on any atom is 0.255 e. The molecule has 0 aliphatic carbocycles. The fourth-order valence-electron chi connectivity index (χ4n) is 1.93. The predicted molar refractivity (Wildman–Crippen MR) is 78.6 cm³/mol. The van der Waals surface area contributed by atoms with E-state index in [1.54, 1.807) is 41.5 Å². The summed E-state index contributed by atoms with van der Waals surface area (Å²) in [5.41, 5.74) is 1.26. The van der Waals surface area contributed by atoms with Crippen LogP contribution in [0.4, 0.5) is 5.69 Å². The molecular formula is C15H12N4O2. The molecule has 6 heteroatoms. The van der Waals surface area contributed by atoms with Crippen molar-refractivity contribution in [3.63, 3.8) is 0 Å². The minimum Gasteiger partial charge on any atom is -0.366 e. The van der Waals surface area contributed by atoms with Crippen molar-refractivity contribution < 1.29 is 4.79 Å². The highest BCUT2D eigenvalue weighted by atomic mass is 16.2. The van der Waals surface area contributed by atoms with Crippen LogP contribution in [0.15, 0.2) is 66.2 Å². The number of imidazole rings is 1. The lowest BCUT2D eigenvalue weighted by atomic mass is 10.2. The Hall–Kier alpha value is -3.15. The Bertz CT molecular complexity index is 821. The number of benzene rings is 1. The molecule has 0 radical (unpaired) electrons. The number of carbonyl (C=O) groups excluding carboxylic acids is 1. The predicted octanol–water partition coefficient (Wildman–Crippen LogP) is 1.81. The third kappa shape index (κ3) is 2.74. The lowest BCUT2D eigenvalue weighted by Crippen LogP contribution is -2.18. The molecule has 104 valence electrons. The monoisotopic (exact) mass is 280 g/mol. The highest BCUT2D eigenvalue weighted by Gasteiger charge is 2.09. The number of nitrogens with one attached hydrogen (secondary N) is 2. The normalized spacial score (nSPS) is 10.3. The maximum absolute atomic E-state index is 12.2. The molecule has 3 aromatic rings.